The van der Waals surface area contributed by atoms with Gasteiger partial charge in [0.15, 0.2) is 6.61 Å². The molecular formula is C22H27BrN2O3. The van der Waals surface area contributed by atoms with Crippen molar-refractivity contribution < 1.29 is 14.3 Å². The summed E-state index contributed by atoms with van der Waals surface area (Å²) < 4.78 is 6.76. The molecule has 0 saturated carbocycles. The monoisotopic (exact) mass is 446 g/mol. The van der Waals surface area contributed by atoms with Crippen LogP contribution in [0.4, 0.5) is 0 Å². The van der Waals surface area contributed by atoms with Crippen molar-refractivity contribution in [3.05, 3.63) is 63.1 Å². The van der Waals surface area contributed by atoms with Gasteiger partial charge >= 0.3 is 0 Å². The summed E-state index contributed by atoms with van der Waals surface area (Å²) >= 11 is 3.44. The van der Waals surface area contributed by atoms with Crippen LogP contribution >= 0.6 is 15.9 Å². The van der Waals surface area contributed by atoms with E-state index in [0.29, 0.717) is 12.3 Å². The summed E-state index contributed by atoms with van der Waals surface area (Å²) in [6, 6.07) is 11.1. The van der Waals surface area contributed by atoms with Gasteiger partial charge < -0.3 is 15.0 Å². The molecule has 0 aromatic heterocycles. The van der Waals surface area contributed by atoms with Gasteiger partial charge in [0.1, 0.15) is 11.8 Å². The van der Waals surface area contributed by atoms with Crippen LogP contribution in [0, 0.1) is 20.8 Å². The Morgan fingerprint density at radius 1 is 1.18 bits per heavy atom. The van der Waals surface area contributed by atoms with Gasteiger partial charge in [0, 0.05) is 18.1 Å². The highest BCUT2D eigenvalue weighted by atomic mass is 79.9. The molecule has 0 aliphatic rings. The highest BCUT2D eigenvalue weighted by Crippen LogP contribution is 2.23. The summed E-state index contributed by atoms with van der Waals surface area (Å²) in [5.41, 5.74) is 4.14. The van der Waals surface area contributed by atoms with Crippen LogP contribution in [-0.4, -0.2) is 36.4 Å². The maximum atomic E-state index is 13.0. The molecule has 5 nitrogen and oxygen atoms in total. The van der Waals surface area contributed by atoms with Crippen molar-refractivity contribution in [1.82, 2.24) is 10.2 Å². The van der Waals surface area contributed by atoms with Crippen LogP contribution in [0.5, 0.6) is 5.75 Å². The zero-order valence-corrected chi connectivity index (χ0v) is 18.6. The number of nitrogens with zero attached hydrogens (tertiary/aromatic N) is 1. The molecule has 0 aliphatic carbocycles. The largest absolute Gasteiger partial charge is 0.483 e. The lowest BCUT2D eigenvalue weighted by Gasteiger charge is -2.28. The molecule has 1 N–H and O–H groups in total. The molecule has 1 atom stereocenters. The van der Waals surface area contributed by atoms with Gasteiger partial charge in [-0.2, -0.15) is 0 Å². The van der Waals surface area contributed by atoms with Crippen molar-refractivity contribution in [3.63, 3.8) is 0 Å². The molecule has 0 aliphatic heterocycles. The van der Waals surface area contributed by atoms with Crippen molar-refractivity contribution in [2.24, 2.45) is 0 Å². The molecule has 0 radical (unpaired) electrons. The normalized spacial score (nSPS) is 11.6. The van der Waals surface area contributed by atoms with Gasteiger partial charge in [-0.3, -0.25) is 9.59 Å². The van der Waals surface area contributed by atoms with Crippen molar-refractivity contribution in [3.8, 4) is 5.75 Å². The van der Waals surface area contributed by atoms with Crippen LogP contribution in [0.15, 0.2) is 40.9 Å². The van der Waals surface area contributed by atoms with E-state index in [1.165, 1.54) is 0 Å². The fraction of sp³-hybridized carbons (Fsp3) is 0.364. The number of carbonyl (C=O) groups excluding carboxylic acids is 2. The zero-order chi connectivity index (χ0) is 20.8. The van der Waals surface area contributed by atoms with Gasteiger partial charge in [0.25, 0.3) is 5.91 Å². The molecule has 2 aromatic rings. The number of nitrogens with one attached hydrogen (secondary N) is 1. The van der Waals surface area contributed by atoms with E-state index in [-0.39, 0.29) is 18.4 Å². The first-order valence-electron chi connectivity index (χ1n) is 9.19. The summed E-state index contributed by atoms with van der Waals surface area (Å²) in [7, 11) is 1.57. The Morgan fingerprint density at radius 2 is 1.89 bits per heavy atom. The van der Waals surface area contributed by atoms with Crippen LogP contribution in [0.2, 0.25) is 0 Å². The molecule has 0 heterocycles. The number of hydrogen-bond acceptors (Lipinski definition) is 3. The Kier molecular flexibility index (Phi) is 7.63. The van der Waals surface area contributed by atoms with Crippen LogP contribution in [0.25, 0.3) is 0 Å². The summed E-state index contributed by atoms with van der Waals surface area (Å²) in [6.07, 6.45) is 0. The number of aryl methyl sites for hydroxylation is 2. The predicted molar refractivity (Wildman–Crippen MR) is 114 cm³/mol. The highest BCUT2D eigenvalue weighted by Gasteiger charge is 2.26. The van der Waals surface area contributed by atoms with E-state index in [1.807, 2.05) is 51.1 Å². The van der Waals surface area contributed by atoms with Crippen LogP contribution < -0.4 is 10.1 Å². The topological polar surface area (TPSA) is 58.6 Å². The van der Waals surface area contributed by atoms with Crippen molar-refractivity contribution in [1.29, 1.82) is 0 Å². The number of likely N-dealkylation sites (N-methyl/N-ethyl adjacent to an activating group) is 1. The third kappa shape index (κ3) is 5.58. The zero-order valence-electron chi connectivity index (χ0n) is 17.0. The Balaban J connectivity index is 2.20. The Morgan fingerprint density at radius 3 is 2.54 bits per heavy atom. The number of amides is 2. The molecule has 28 heavy (non-hydrogen) atoms. The lowest BCUT2D eigenvalue weighted by atomic mass is 10.1. The van der Waals surface area contributed by atoms with Crippen LogP contribution in [0.3, 0.4) is 0 Å². The fourth-order valence-corrected chi connectivity index (χ4v) is 3.44. The summed E-state index contributed by atoms with van der Waals surface area (Å²) in [6.45, 7) is 7.90. The molecule has 2 aromatic carbocycles. The molecule has 0 unspecified atom stereocenters. The minimum absolute atomic E-state index is 0.126. The van der Waals surface area contributed by atoms with Crippen LogP contribution in [0.1, 0.15) is 29.2 Å². The van der Waals surface area contributed by atoms with Gasteiger partial charge in [-0.25, -0.2) is 0 Å². The van der Waals surface area contributed by atoms with E-state index in [9.17, 15) is 9.59 Å². The van der Waals surface area contributed by atoms with Gasteiger partial charge in [-0.1, -0.05) is 34.1 Å². The Bertz CT molecular complexity index is 867. The maximum Gasteiger partial charge on any atom is 0.261 e. The third-order valence-electron chi connectivity index (χ3n) is 4.77. The van der Waals surface area contributed by atoms with Crippen molar-refractivity contribution in [2.45, 2.75) is 40.3 Å². The number of halogens is 1. The number of ether oxygens (including phenoxy) is 1. The molecular weight excluding hydrogens is 420 g/mol. The first-order chi connectivity index (χ1) is 13.2. The SMILES string of the molecule is CNC(=O)[C@H](C)N(Cc1cccc(Br)c1)C(=O)COc1cc(C)cc(C)c1C. The average Bonchev–Trinajstić information content (AvgIpc) is 2.66. The highest BCUT2D eigenvalue weighted by molar-refractivity contribution is 9.10. The second kappa shape index (κ2) is 9.73. The molecule has 2 rings (SSSR count). The van der Waals surface area contributed by atoms with Crippen molar-refractivity contribution in [2.75, 3.05) is 13.7 Å². The Hall–Kier alpha value is -2.34. The van der Waals surface area contributed by atoms with Crippen molar-refractivity contribution >= 4 is 27.7 Å². The number of hydrogen-bond donors (Lipinski definition) is 1. The van der Waals surface area contributed by atoms with E-state index >= 15 is 0 Å². The minimum Gasteiger partial charge on any atom is -0.483 e. The van der Waals surface area contributed by atoms with E-state index in [1.54, 1.807) is 18.9 Å². The minimum atomic E-state index is -0.611. The molecule has 0 saturated heterocycles. The number of benzene rings is 2. The third-order valence-corrected chi connectivity index (χ3v) is 5.26. The molecule has 0 bridgehead atoms. The second-order valence-corrected chi connectivity index (χ2v) is 7.85. The Labute approximate surface area is 175 Å². The van der Waals surface area contributed by atoms with E-state index in [2.05, 4.69) is 27.3 Å². The van der Waals surface area contributed by atoms with E-state index < -0.39 is 6.04 Å². The maximum absolute atomic E-state index is 13.0. The standard InChI is InChI=1S/C22H27BrN2O3/c1-14-9-15(2)16(3)20(10-14)28-13-21(26)25(17(4)22(27)24-5)12-18-7-6-8-19(23)11-18/h6-11,17H,12-13H2,1-5H3,(H,24,27)/t17-/m0/s1. The number of rotatable bonds is 7. The lowest BCUT2D eigenvalue weighted by molar-refractivity contribution is -0.142. The second-order valence-electron chi connectivity index (χ2n) is 6.94. The number of carbonyl (C=O) groups is 2. The van der Waals surface area contributed by atoms with Gasteiger partial charge in [-0.15, -0.1) is 0 Å². The van der Waals surface area contributed by atoms with E-state index in [0.717, 1.165) is 26.7 Å². The predicted octanol–water partition coefficient (Wildman–Crippen LogP) is 3.92. The fourth-order valence-electron chi connectivity index (χ4n) is 3.00. The van der Waals surface area contributed by atoms with Gasteiger partial charge in [0.05, 0.1) is 0 Å². The molecule has 6 heteroatoms. The lowest BCUT2D eigenvalue weighted by Crippen LogP contribution is -2.48. The smallest absolute Gasteiger partial charge is 0.261 e. The van der Waals surface area contributed by atoms with Gasteiger partial charge in [-0.05, 0) is 68.1 Å². The summed E-state index contributed by atoms with van der Waals surface area (Å²) in [5.74, 6) is 0.237. The van der Waals surface area contributed by atoms with E-state index in [4.69, 9.17) is 4.74 Å². The summed E-state index contributed by atoms with van der Waals surface area (Å²) in [5, 5.41) is 2.61. The first kappa shape index (κ1) is 22.0. The first-order valence-corrected chi connectivity index (χ1v) is 9.98. The van der Waals surface area contributed by atoms with Crippen LogP contribution in [-0.2, 0) is 16.1 Å². The quantitative estimate of drug-likeness (QED) is 0.700. The molecule has 150 valence electrons. The molecule has 0 fully saturated rings. The average molecular weight is 447 g/mol. The summed E-state index contributed by atoms with van der Waals surface area (Å²) in [4.78, 5) is 26.7. The molecule has 0 spiro atoms. The van der Waals surface area contributed by atoms with Gasteiger partial charge in [0.2, 0.25) is 5.91 Å². The molecule has 2 amide bonds.